The molecule has 0 spiro atoms. The highest BCUT2D eigenvalue weighted by atomic mass is 35.5. The summed E-state index contributed by atoms with van der Waals surface area (Å²) in [5.74, 6) is -1.48. The molecule has 3 aromatic rings. The molecule has 1 atom stereocenters. The topological polar surface area (TPSA) is 105 Å². The molecule has 0 saturated carbocycles. The van der Waals surface area contributed by atoms with E-state index in [0.717, 1.165) is 22.3 Å². The first-order valence-electron chi connectivity index (χ1n) is 11.3. The average Bonchev–Trinajstić information content (AvgIpc) is 3.16. The van der Waals surface area contributed by atoms with Gasteiger partial charge in [-0.3, -0.25) is 4.79 Å². The van der Waals surface area contributed by atoms with Crippen LogP contribution >= 0.6 is 11.6 Å². The molecule has 3 N–H and O–H groups in total. The molecule has 3 aromatic carbocycles. The average molecular weight is 493 g/mol. The van der Waals surface area contributed by atoms with Crippen molar-refractivity contribution in [1.82, 2.24) is 5.32 Å². The zero-order valence-electron chi connectivity index (χ0n) is 19.1. The smallest absolute Gasteiger partial charge is 0.407 e. The van der Waals surface area contributed by atoms with Gasteiger partial charge in [0.1, 0.15) is 6.61 Å². The van der Waals surface area contributed by atoms with Gasteiger partial charge in [0, 0.05) is 18.4 Å². The van der Waals surface area contributed by atoms with E-state index in [1.165, 1.54) is 18.2 Å². The summed E-state index contributed by atoms with van der Waals surface area (Å²) in [6, 6.07) is 20.0. The third-order valence-corrected chi connectivity index (χ3v) is 6.33. The fourth-order valence-corrected chi connectivity index (χ4v) is 4.39. The van der Waals surface area contributed by atoms with Gasteiger partial charge in [0.2, 0.25) is 5.91 Å². The standard InChI is InChI=1S/C27H25ClN2O5/c1-16(10-13-25(31)30-24-14-17(26(32)33)11-12-23(24)28)29-27(34)35-15-22-20-8-4-2-6-18(20)19-7-3-5-9-21(19)22/h2-9,11-12,14,16,22H,10,13,15H2,1H3,(H,29,34)(H,30,31)(H,32,33). The number of alkyl carbamates (subject to hydrolysis) is 1. The van der Waals surface area contributed by atoms with Crippen LogP contribution in [-0.2, 0) is 9.53 Å². The van der Waals surface area contributed by atoms with E-state index in [1.807, 2.05) is 24.3 Å². The molecular formula is C27H25ClN2O5. The lowest BCUT2D eigenvalue weighted by molar-refractivity contribution is -0.116. The van der Waals surface area contributed by atoms with Gasteiger partial charge in [-0.05, 0) is 53.8 Å². The molecule has 1 aliphatic carbocycles. The third kappa shape index (κ3) is 5.63. The minimum atomic E-state index is -1.11. The first-order valence-corrected chi connectivity index (χ1v) is 11.7. The van der Waals surface area contributed by atoms with Crippen molar-refractivity contribution in [2.45, 2.75) is 31.7 Å². The van der Waals surface area contributed by atoms with Crippen molar-refractivity contribution in [1.29, 1.82) is 0 Å². The van der Waals surface area contributed by atoms with E-state index < -0.39 is 12.1 Å². The first-order chi connectivity index (χ1) is 16.8. The summed E-state index contributed by atoms with van der Waals surface area (Å²) < 4.78 is 5.54. The minimum Gasteiger partial charge on any atom is -0.478 e. The van der Waals surface area contributed by atoms with Crippen molar-refractivity contribution < 1.29 is 24.2 Å². The van der Waals surface area contributed by atoms with Crippen molar-refractivity contribution in [2.75, 3.05) is 11.9 Å². The number of nitrogens with one attached hydrogen (secondary N) is 2. The van der Waals surface area contributed by atoms with Crippen LogP contribution in [0.1, 0.15) is 47.2 Å². The van der Waals surface area contributed by atoms with Crippen LogP contribution in [0, 0.1) is 0 Å². The lowest BCUT2D eigenvalue weighted by atomic mass is 9.98. The molecule has 2 amide bonds. The highest BCUT2D eigenvalue weighted by molar-refractivity contribution is 6.33. The number of hydrogen-bond donors (Lipinski definition) is 3. The second-order valence-electron chi connectivity index (χ2n) is 8.46. The van der Waals surface area contributed by atoms with Crippen LogP contribution < -0.4 is 10.6 Å². The van der Waals surface area contributed by atoms with Crippen LogP contribution in [0.3, 0.4) is 0 Å². The Labute approximate surface area is 208 Å². The maximum atomic E-state index is 12.4. The summed E-state index contributed by atoms with van der Waals surface area (Å²) in [5, 5.41) is 14.7. The van der Waals surface area contributed by atoms with Crippen LogP contribution in [-0.4, -0.2) is 35.7 Å². The fraction of sp³-hybridized carbons (Fsp3) is 0.222. The quantitative estimate of drug-likeness (QED) is 0.375. The Morgan fingerprint density at radius 2 is 1.63 bits per heavy atom. The third-order valence-electron chi connectivity index (χ3n) is 6.00. The van der Waals surface area contributed by atoms with Gasteiger partial charge in [-0.15, -0.1) is 0 Å². The molecule has 8 heteroatoms. The second kappa shape index (κ2) is 10.6. The van der Waals surface area contributed by atoms with Crippen LogP contribution in [0.2, 0.25) is 5.02 Å². The Bertz CT molecular complexity index is 1230. The van der Waals surface area contributed by atoms with E-state index in [2.05, 4.69) is 34.9 Å². The van der Waals surface area contributed by atoms with E-state index in [4.69, 9.17) is 21.4 Å². The van der Waals surface area contributed by atoms with E-state index in [-0.39, 0.29) is 47.2 Å². The molecule has 4 rings (SSSR count). The zero-order valence-corrected chi connectivity index (χ0v) is 19.8. The number of aromatic carboxylic acids is 1. The summed E-state index contributed by atoms with van der Waals surface area (Å²) in [7, 11) is 0. The van der Waals surface area contributed by atoms with Gasteiger partial charge in [-0.1, -0.05) is 60.1 Å². The van der Waals surface area contributed by atoms with Crippen LogP contribution in [0.15, 0.2) is 66.7 Å². The molecule has 0 saturated heterocycles. The molecular weight excluding hydrogens is 468 g/mol. The van der Waals surface area contributed by atoms with Gasteiger partial charge in [0.15, 0.2) is 0 Å². The van der Waals surface area contributed by atoms with E-state index >= 15 is 0 Å². The number of hydrogen-bond acceptors (Lipinski definition) is 4. The van der Waals surface area contributed by atoms with E-state index in [0.29, 0.717) is 6.42 Å². The number of halogens is 1. The van der Waals surface area contributed by atoms with Gasteiger partial charge in [-0.25, -0.2) is 9.59 Å². The maximum absolute atomic E-state index is 12.4. The minimum absolute atomic E-state index is 0.0231. The summed E-state index contributed by atoms with van der Waals surface area (Å²) in [6.45, 7) is 2.00. The van der Waals surface area contributed by atoms with Crippen LogP contribution in [0.5, 0.6) is 0 Å². The first kappa shape index (κ1) is 24.3. The predicted octanol–water partition coefficient (Wildman–Crippen LogP) is 5.68. The SMILES string of the molecule is CC(CCC(=O)Nc1cc(C(=O)O)ccc1Cl)NC(=O)OCC1c2ccccc2-c2ccccc21. The summed E-state index contributed by atoms with van der Waals surface area (Å²) >= 11 is 6.05. The molecule has 0 aromatic heterocycles. The normalized spacial score (nSPS) is 12.9. The van der Waals surface area contributed by atoms with E-state index in [1.54, 1.807) is 6.92 Å². The number of ether oxygens (including phenoxy) is 1. The molecule has 0 heterocycles. The number of carboxylic acid groups (broad SMARTS) is 1. The fourth-order valence-electron chi connectivity index (χ4n) is 4.23. The Balaban J connectivity index is 1.26. The summed E-state index contributed by atoms with van der Waals surface area (Å²) in [4.78, 5) is 35.8. The van der Waals surface area contributed by atoms with Crippen molar-refractivity contribution >= 4 is 35.3 Å². The number of anilines is 1. The molecule has 35 heavy (non-hydrogen) atoms. The maximum Gasteiger partial charge on any atom is 0.407 e. The zero-order chi connectivity index (χ0) is 24.9. The van der Waals surface area contributed by atoms with Gasteiger partial charge in [0.05, 0.1) is 16.3 Å². The number of carbonyl (C=O) groups excluding carboxylic acids is 2. The number of carboxylic acids is 1. The lowest BCUT2D eigenvalue weighted by Crippen LogP contribution is -2.34. The van der Waals surface area contributed by atoms with Crippen molar-refractivity contribution in [3.8, 4) is 11.1 Å². The molecule has 1 aliphatic rings. The molecule has 0 radical (unpaired) electrons. The Morgan fingerprint density at radius 1 is 1.00 bits per heavy atom. The number of fused-ring (bicyclic) bond motifs is 3. The van der Waals surface area contributed by atoms with Crippen LogP contribution in [0.4, 0.5) is 10.5 Å². The summed E-state index contributed by atoms with van der Waals surface area (Å²) in [5.41, 5.74) is 4.84. The van der Waals surface area contributed by atoms with Gasteiger partial charge in [0.25, 0.3) is 0 Å². The summed E-state index contributed by atoms with van der Waals surface area (Å²) in [6.07, 6.45) is -0.0676. The monoisotopic (exact) mass is 492 g/mol. The van der Waals surface area contributed by atoms with Gasteiger partial charge in [-0.2, -0.15) is 0 Å². The molecule has 180 valence electrons. The Kier molecular flexibility index (Phi) is 7.36. The predicted molar refractivity (Wildman–Crippen MR) is 134 cm³/mol. The molecule has 0 bridgehead atoms. The number of rotatable bonds is 8. The number of carbonyl (C=O) groups is 3. The molecule has 7 nitrogen and oxygen atoms in total. The highest BCUT2D eigenvalue weighted by Crippen LogP contribution is 2.44. The Hall–Kier alpha value is -3.84. The lowest BCUT2D eigenvalue weighted by Gasteiger charge is -2.17. The largest absolute Gasteiger partial charge is 0.478 e. The number of benzene rings is 3. The van der Waals surface area contributed by atoms with Gasteiger partial charge < -0.3 is 20.5 Å². The van der Waals surface area contributed by atoms with Crippen LogP contribution in [0.25, 0.3) is 11.1 Å². The van der Waals surface area contributed by atoms with Crippen molar-refractivity contribution in [2.24, 2.45) is 0 Å². The van der Waals surface area contributed by atoms with E-state index in [9.17, 15) is 14.4 Å². The van der Waals surface area contributed by atoms with Crippen molar-refractivity contribution in [3.63, 3.8) is 0 Å². The molecule has 0 fully saturated rings. The number of amides is 2. The second-order valence-corrected chi connectivity index (χ2v) is 8.86. The highest BCUT2D eigenvalue weighted by Gasteiger charge is 2.29. The van der Waals surface area contributed by atoms with Gasteiger partial charge >= 0.3 is 12.1 Å². The Morgan fingerprint density at radius 3 is 2.26 bits per heavy atom. The molecule has 0 aliphatic heterocycles. The molecule has 1 unspecified atom stereocenters. The van der Waals surface area contributed by atoms with Crippen molar-refractivity contribution in [3.05, 3.63) is 88.4 Å².